The molecule has 4 heteroatoms. The van der Waals surface area contributed by atoms with E-state index in [1.165, 1.54) is 0 Å². The van der Waals surface area contributed by atoms with Crippen molar-refractivity contribution in [3.8, 4) is 5.75 Å². The Bertz CT molecular complexity index is 327. The van der Waals surface area contributed by atoms with Crippen LogP contribution in [-0.2, 0) is 0 Å². The Hall–Kier alpha value is -0.540. The molecule has 70 valence electrons. The Labute approximate surface area is 90.7 Å². The summed E-state index contributed by atoms with van der Waals surface area (Å²) in [7, 11) is 1.59. The van der Waals surface area contributed by atoms with Crippen molar-refractivity contribution in [3.05, 3.63) is 29.0 Å². The van der Waals surface area contributed by atoms with Crippen LogP contribution in [0, 0.1) is 0 Å². The number of alkyl halides is 1. The number of methoxy groups -OCH3 is 1. The summed E-state index contributed by atoms with van der Waals surface area (Å²) in [5.41, 5.74) is 1.69. The van der Waals surface area contributed by atoms with E-state index in [0.29, 0.717) is 11.6 Å². The number of nitrogens with zero attached hydrogens (tertiary/aromatic N) is 1. The fraction of sp³-hybridized carbons (Fsp3) is 0.222. The third-order valence-electron chi connectivity index (χ3n) is 1.60. The summed E-state index contributed by atoms with van der Waals surface area (Å²) in [5, 5.41) is 0. The van der Waals surface area contributed by atoms with Crippen molar-refractivity contribution >= 4 is 33.1 Å². The normalized spacial score (nSPS) is 9.77. The average molecular weight is 263 g/mol. The third kappa shape index (κ3) is 2.23. The zero-order chi connectivity index (χ0) is 9.84. The van der Waals surface area contributed by atoms with Crippen LogP contribution in [0.4, 0.5) is 0 Å². The fourth-order valence-corrected chi connectivity index (χ4v) is 1.71. The molecule has 1 aromatic rings. The zero-order valence-electron chi connectivity index (χ0n) is 7.18. The van der Waals surface area contributed by atoms with Gasteiger partial charge in [-0.3, -0.25) is 4.98 Å². The van der Waals surface area contributed by atoms with Crippen molar-refractivity contribution in [2.45, 2.75) is 0 Å². The molecule has 0 aliphatic carbocycles. The van der Waals surface area contributed by atoms with Crippen LogP contribution in [0.5, 0.6) is 5.75 Å². The lowest BCUT2D eigenvalue weighted by Crippen LogP contribution is -1.94. The molecule has 2 nitrogen and oxygen atoms in total. The van der Waals surface area contributed by atoms with E-state index in [1.54, 1.807) is 19.5 Å². The quantitative estimate of drug-likeness (QED) is 0.781. The van der Waals surface area contributed by atoms with E-state index < -0.39 is 0 Å². The highest BCUT2D eigenvalue weighted by Crippen LogP contribution is 2.31. The zero-order valence-corrected chi connectivity index (χ0v) is 9.52. The Kier molecular flexibility index (Phi) is 3.75. The first-order valence-corrected chi connectivity index (χ1v) is 4.95. The van der Waals surface area contributed by atoms with Gasteiger partial charge in [-0.05, 0) is 21.5 Å². The minimum atomic E-state index is 0.374. The number of allylic oxidation sites excluding steroid dienone is 1. The van der Waals surface area contributed by atoms with Crippen molar-refractivity contribution in [1.29, 1.82) is 0 Å². The van der Waals surface area contributed by atoms with Gasteiger partial charge in [-0.1, -0.05) is 6.58 Å². The number of ether oxygens (including phenoxy) is 1. The van der Waals surface area contributed by atoms with Gasteiger partial charge in [0, 0.05) is 22.1 Å². The molecule has 1 rings (SSSR count). The van der Waals surface area contributed by atoms with Gasteiger partial charge in [-0.15, -0.1) is 11.6 Å². The summed E-state index contributed by atoms with van der Waals surface area (Å²) >= 11 is 9.06. The molecule has 0 unspecified atom stereocenters. The van der Waals surface area contributed by atoms with Gasteiger partial charge in [0.2, 0.25) is 0 Å². The molecule has 13 heavy (non-hydrogen) atoms. The van der Waals surface area contributed by atoms with Crippen LogP contribution < -0.4 is 4.74 Å². The molecule has 0 fully saturated rings. The van der Waals surface area contributed by atoms with Crippen molar-refractivity contribution in [2.24, 2.45) is 0 Å². The highest BCUT2D eigenvalue weighted by molar-refractivity contribution is 9.10. The molecule has 0 aliphatic rings. The molecule has 0 saturated carbocycles. The van der Waals surface area contributed by atoms with E-state index >= 15 is 0 Å². The lowest BCUT2D eigenvalue weighted by molar-refractivity contribution is 0.411. The van der Waals surface area contributed by atoms with Gasteiger partial charge in [0.05, 0.1) is 13.3 Å². The molecule has 1 aromatic heterocycles. The van der Waals surface area contributed by atoms with Crippen LogP contribution in [-0.4, -0.2) is 18.0 Å². The second-order valence-corrected chi connectivity index (χ2v) is 3.56. The molecule has 0 bridgehead atoms. The molecule has 0 radical (unpaired) electrons. The summed E-state index contributed by atoms with van der Waals surface area (Å²) in [6, 6.07) is 0. The molecule has 0 spiro atoms. The van der Waals surface area contributed by atoms with Crippen LogP contribution in [0.2, 0.25) is 0 Å². The number of halogens is 2. The van der Waals surface area contributed by atoms with Gasteiger partial charge in [0.1, 0.15) is 5.75 Å². The number of aromatic nitrogens is 1. The number of hydrogen-bond acceptors (Lipinski definition) is 2. The predicted octanol–water partition coefficient (Wildman–Crippen LogP) is 3.10. The SMILES string of the molecule is C=C(CCl)c1c(Br)cncc1OC. The van der Waals surface area contributed by atoms with E-state index in [9.17, 15) is 0 Å². The van der Waals surface area contributed by atoms with Gasteiger partial charge in [-0.2, -0.15) is 0 Å². The van der Waals surface area contributed by atoms with Gasteiger partial charge in [0.15, 0.2) is 0 Å². The first kappa shape index (κ1) is 10.5. The van der Waals surface area contributed by atoms with Gasteiger partial charge in [-0.25, -0.2) is 0 Å². The summed E-state index contributed by atoms with van der Waals surface area (Å²) in [6.07, 6.45) is 3.33. The van der Waals surface area contributed by atoms with Gasteiger partial charge >= 0.3 is 0 Å². The molecule has 0 aromatic carbocycles. The van der Waals surface area contributed by atoms with Crippen LogP contribution in [0.3, 0.4) is 0 Å². The van der Waals surface area contributed by atoms with Gasteiger partial charge in [0.25, 0.3) is 0 Å². The van der Waals surface area contributed by atoms with E-state index in [4.69, 9.17) is 16.3 Å². The summed E-state index contributed by atoms with van der Waals surface area (Å²) in [6.45, 7) is 3.84. The highest BCUT2D eigenvalue weighted by Gasteiger charge is 2.10. The topological polar surface area (TPSA) is 22.1 Å². The summed E-state index contributed by atoms with van der Waals surface area (Å²) in [5.74, 6) is 1.05. The molecular weight excluding hydrogens is 253 g/mol. The molecule has 0 amide bonds. The van der Waals surface area contributed by atoms with Crippen LogP contribution >= 0.6 is 27.5 Å². The lowest BCUT2D eigenvalue weighted by atomic mass is 10.1. The maximum atomic E-state index is 5.69. The number of rotatable bonds is 3. The van der Waals surface area contributed by atoms with Gasteiger partial charge < -0.3 is 4.74 Å². The summed E-state index contributed by atoms with van der Waals surface area (Å²) in [4.78, 5) is 3.98. The standard InChI is InChI=1S/C9H9BrClNO/c1-6(3-11)9-7(10)4-12-5-8(9)13-2/h4-5H,1,3H2,2H3. The second kappa shape index (κ2) is 4.63. The molecular formula is C9H9BrClNO. The Balaban J connectivity index is 3.22. The van der Waals surface area contributed by atoms with Crippen molar-refractivity contribution in [2.75, 3.05) is 13.0 Å². The van der Waals surface area contributed by atoms with Crippen molar-refractivity contribution in [3.63, 3.8) is 0 Å². The van der Waals surface area contributed by atoms with Crippen molar-refractivity contribution in [1.82, 2.24) is 4.98 Å². The van der Waals surface area contributed by atoms with Crippen LogP contribution in [0.25, 0.3) is 5.57 Å². The average Bonchev–Trinajstić information content (AvgIpc) is 2.16. The Morgan fingerprint density at radius 2 is 2.38 bits per heavy atom. The Morgan fingerprint density at radius 3 is 2.92 bits per heavy atom. The van der Waals surface area contributed by atoms with Crippen LogP contribution in [0.15, 0.2) is 23.4 Å². The van der Waals surface area contributed by atoms with E-state index in [2.05, 4.69) is 27.5 Å². The fourth-order valence-electron chi connectivity index (χ4n) is 0.982. The second-order valence-electron chi connectivity index (χ2n) is 2.44. The van der Waals surface area contributed by atoms with E-state index in [-0.39, 0.29) is 0 Å². The minimum Gasteiger partial charge on any atom is -0.494 e. The maximum Gasteiger partial charge on any atom is 0.145 e. The first-order chi connectivity index (χ1) is 6.20. The number of pyridine rings is 1. The maximum absolute atomic E-state index is 5.69. The Morgan fingerprint density at radius 1 is 1.69 bits per heavy atom. The van der Waals surface area contributed by atoms with E-state index in [1.807, 2.05) is 0 Å². The van der Waals surface area contributed by atoms with Crippen molar-refractivity contribution < 1.29 is 4.74 Å². The van der Waals surface area contributed by atoms with Crippen LogP contribution in [0.1, 0.15) is 5.56 Å². The first-order valence-electron chi connectivity index (χ1n) is 3.62. The molecule has 0 atom stereocenters. The molecule has 1 heterocycles. The largest absolute Gasteiger partial charge is 0.494 e. The smallest absolute Gasteiger partial charge is 0.145 e. The molecule has 0 aliphatic heterocycles. The third-order valence-corrected chi connectivity index (χ3v) is 2.52. The number of hydrogen-bond donors (Lipinski definition) is 0. The molecule has 0 N–H and O–H groups in total. The highest BCUT2D eigenvalue weighted by atomic mass is 79.9. The molecule has 0 saturated heterocycles. The predicted molar refractivity (Wildman–Crippen MR) is 58.2 cm³/mol. The minimum absolute atomic E-state index is 0.374. The lowest BCUT2D eigenvalue weighted by Gasteiger charge is -2.09. The summed E-state index contributed by atoms with van der Waals surface area (Å²) < 4.78 is 5.98. The monoisotopic (exact) mass is 261 g/mol. The van der Waals surface area contributed by atoms with E-state index in [0.717, 1.165) is 15.6 Å².